The number of benzene rings is 2. The van der Waals surface area contributed by atoms with Gasteiger partial charge in [0.05, 0.1) is 37.7 Å². The molecule has 33 heavy (non-hydrogen) atoms. The minimum Gasteiger partial charge on any atom is -0.490 e. The highest BCUT2D eigenvalue weighted by molar-refractivity contribution is 5.89. The predicted octanol–water partition coefficient (Wildman–Crippen LogP) is 5.84. The van der Waals surface area contributed by atoms with Crippen molar-refractivity contribution in [2.75, 3.05) is 26.4 Å². The number of aromatic nitrogens is 1. The first-order chi connectivity index (χ1) is 16.1. The van der Waals surface area contributed by atoms with Gasteiger partial charge in [0.15, 0.2) is 23.0 Å². The van der Waals surface area contributed by atoms with Crippen LogP contribution in [0.1, 0.15) is 38.8 Å². The first-order valence-electron chi connectivity index (χ1n) is 11.6. The number of rotatable bonds is 9. The van der Waals surface area contributed by atoms with Crippen LogP contribution in [0, 0.1) is 11.3 Å². The van der Waals surface area contributed by atoms with Gasteiger partial charge in [-0.2, -0.15) is 5.26 Å². The van der Waals surface area contributed by atoms with Gasteiger partial charge >= 0.3 is 0 Å². The number of nitriles is 1. The Morgan fingerprint density at radius 3 is 2.06 bits per heavy atom. The first-order valence-corrected chi connectivity index (χ1v) is 11.6. The van der Waals surface area contributed by atoms with Crippen molar-refractivity contribution in [2.24, 2.45) is 0 Å². The molecule has 0 spiro atoms. The van der Waals surface area contributed by atoms with E-state index >= 15 is 0 Å². The minimum atomic E-state index is 0.531. The highest BCUT2D eigenvalue weighted by Crippen LogP contribution is 2.46. The Morgan fingerprint density at radius 2 is 1.42 bits per heavy atom. The Bertz CT molecular complexity index is 1190. The minimum absolute atomic E-state index is 0.531. The molecule has 0 aliphatic carbocycles. The summed E-state index contributed by atoms with van der Waals surface area (Å²) in [4.78, 5) is 0. The molecule has 0 unspecified atom stereocenters. The fourth-order valence-electron chi connectivity index (χ4n) is 4.41. The smallest absolute Gasteiger partial charge is 0.161 e. The number of hydrogen-bond acceptors (Lipinski definition) is 5. The number of ether oxygens (including phenoxy) is 4. The summed E-state index contributed by atoms with van der Waals surface area (Å²) >= 11 is 0. The Labute approximate surface area is 195 Å². The summed E-state index contributed by atoms with van der Waals surface area (Å²) in [5, 5.41) is 9.98. The number of hydrogen-bond donors (Lipinski definition) is 0. The van der Waals surface area contributed by atoms with Crippen LogP contribution in [-0.2, 0) is 13.0 Å². The molecule has 6 heteroatoms. The van der Waals surface area contributed by atoms with Gasteiger partial charge < -0.3 is 23.5 Å². The second-order valence-electron chi connectivity index (χ2n) is 7.67. The average Bonchev–Trinajstić information content (AvgIpc) is 3.20. The van der Waals surface area contributed by atoms with E-state index in [1.807, 2.05) is 52.1 Å². The molecule has 1 aliphatic heterocycles. The maximum Gasteiger partial charge on any atom is 0.161 e. The van der Waals surface area contributed by atoms with Crippen molar-refractivity contribution in [3.05, 3.63) is 47.7 Å². The third-order valence-corrected chi connectivity index (χ3v) is 5.68. The third kappa shape index (κ3) is 4.23. The Morgan fingerprint density at radius 1 is 0.818 bits per heavy atom. The fraction of sp³-hybridized carbons (Fsp3) is 0.370. The molecule has 0 bridgehead atoms. The summed E-state index contributed by atoms with van der Waals surface area (Å²) in [5.74, 6) is 2.87. The molecule has 4 rings (SSSR count). The summed E-state index contributed by atoms with van der Waals surface area (Å²) in [6.45, 7) is 10.8. The van der Waals surface area contributed by atoms with E-state index in [0.717, 1.165) is 46.8 Å². The van der Waals surface area contributed by atoms with E-state index in [4.69, 9.17) is 18.9 Å². The molecule has 1 aliphatic rings. The first kappa shape index (κ1) is 22.6. The zero-order valence-corrected chi connectivity index (χ0v) is 19.7. The van der Waals surface area contributed by atoms with E-state index in [2.05, 4.69) is 22.8 Å². The largest absolute Gasteiger partial charge is 0.490 e. The Hall–Kier alpha value is -3.59. The standard InChI is InChI=1S/C27H30N2O4/c1-5-30-22-10-9-19(14-23(22)31-6-2)26-20(16-28)17-29-12-11-18-13-24(32-7-3)25(33-8-4)15-21(18)27(26)29/h9-10,13-15,17H,5-8,11-12H2,1-4H3. The van der Waals surface area contributed by atoms with Crippen molar-refractivity contribution in [1.29, 1.82) is 5.26 Å². The third-order valence-electron chi connectivity index (χ3n) is 5.68. The van der Waals surface area contributed by atoms with Crippen LogP contribution < -0.4 is 18.9 Å². The maximum atomic E-state index is 9.98. The van der Waals surface area contributed by atoms with Gasteiger partial charge in [0.25, 0.3) is 0 Å². The monoisotopic (exact) mass is 446 g/mol. The van der Waals surface area contributed by atoms with Gasteiger partial charge in [0, 0.05) is 23.9 Å². The van der Waals surface area contributed by atoms with Crippen molar-refractivity contribution in [3.8, 4) is 51.5 Å². The van der Waals surface area contributed by atoms with Crippen molar-refractivity contribution in [1.82, 2.24) is 4.57 Å². The molecule has 0 radical (unpaired) electrons. The maximum absolute atomic E-state index is 9.98. The van der Waals surface area contributed by atoms with Gasteiger partial charge in [0.1, 0.15) is 6.07 Å². The van der Waals surface area contributed by atoms with Crippen LogP contribution in [0.25, 0.3) is 22.4 Å². The molecule has 172 valence electrons. The molecular weight excluding hydrogens is 416 g/mol. The molecule has 2 aromatic carbocycles. The highest BCUT2D eigenvalue weighted by Gasteiger charge is 2.27. The van der Waals surface area contributed by atoms with Crippen molar-refractivity contribution in [3.63, 3.8) is 0 Å². The van der Waals surface area contributed by atoms with Gasteiger partial charge in [-0.3, -0.25) is 0 Å². The summed E-state index contributed by atoms with van der Waals surface area (Å²) < 4.78 is 25.5. The van der Waals surface area contributed by atoms with Crippen molar-refractivity contribution in [2.45, 2.75) is 40.7 Å². The van der Waals surface area contributed by atoms with Gasteiger partial charge in [-0.25, -0.2) is 0 Å². The van der Waals surface area contributed by atoms with Crippen LogP contribution in [0.15, 0.2) is 36.5 Å². The average molecular weight is 447 g/mol. The van der Waals surface area contributed by atoms with E-state index in [9.17, 15) is 5.26 Å². The van der Waals surface area contributed by atoms with Crippen LogP contribution in [-0.4, -0.2) is 31.0 Å². The van der Waals surface area contributed by atoms with Crippen LogP contribution in [0.5, 0.6) is 23.0 Å². The quantitative estimate of drug-likeness (QED) is 0.413. The van der Waals surface area contributed by atoms with Gasteiger partial charge in [-0.15, -0.1) is 0 Å². The number of aryl methyl sites for hydroxylation is 2. The molecule has 3 aromatic rings. The molecule has 0 N–H and O–H groups in total. The normalized spacial score (nSPS) is 11.8. The van der Waals surface area contributed by atoms with Gasteiger partial charge in [-0.1, -0.05) is 6.07 Å². The van der Waals surface area contributed by atoms with E-state index in [1.165, 1.54) is 5.56 Å². The zero-order chi connectivity index (χ0) is 23.4. The van der Waals surface area contributed by atoms with Crippen molar-refractivity contribution >= 4 is 0 Å². The summed E-state index contributed by atoms with van der Waals surface area (Å²) in [6, 6.07) is 12.4. The number of fused-ring (bicyclic) bond motifs is 3. The predicted molar refractivity (Wildman–Crippen MR) is 128 cm³/mol. The van der Waals surface area contributed by atoms with E-state index in [-0.39, 0.29) is 0 Å². The molecule has 0 amide bonds. The van der Waals surface area contributed by atoms with Crippen LogP contribution in [0.4, 0.5) is 0 Å². The molecule has 1 aromatic heterocycles. The molecular formula is C27H30N2O4. The Balaban J connectivity index is 1.92. The molecule has 2 heterocycles. The lowest BCUT2D eigenvalue weighted by Gasteiger charge is -2.23. The van der Waals surface area contributed by atoms with Crippen LogP contribution >= 0.6 is 0 Å². The van der Waals surface area contributed by atoms with E-state index in [1.54, 1.807) is 0 Å². The summed E-state index contributed by atoms with van der Waals surface area (Å²) in [5.41, 5.74) is 5.73. The Kier molecular flexibility index (Phi) is 6.79. The number of nitrogens with zero attached hydrogens (tertiary/aromatic N) is 2. The van der Waals surface area contributed by atoms with Crippen molar-refractivity contribution < 1.29 is 18.9 Å². The second-order valence-corrected chi connectivity index (χ2v) is 7.67. The zero-order valence-electron chi connectivity index (χ0n) is 19.7. The lowest BCUT2D eigenvalue weighted by atomic mass is 9.92. The van der Waals surface area contributed by atoms with Gasteiger partial charge in [0.2, 0.25) is 0 Å². The fourth-order valence-corrected chi connectivity index (χ4v) is 4.41. The second kappa shape index (κ2) is 9.91. The molecule has 0 saturated heterocycles. The van der Waals surface area contributed by atoms with Crippen LogP contribution in [0.3, 0.4) is 0 Å². The molecule has 0 atom stereocenters. The van der Waals surface area contributed by atoms with E-state index in [0.29, 0.717) is 43.5 Å². The molecule has 0 fully saturated rings. The summed E-state index contributed by atoms with van der Waals surface area (Å²) in [6.07, 6.45) is 2.81. The lowest BCUT2D eigenvalue weighted by Crippen LogP contribution is -2.11. The molecule has 6 nitrogen and oxygen atoms in total. The van der Waals surface area contributed by atoms with Gasteiger partial charge in [-0.05, 0) is 69.5 Å². The topological polar surface area (TPSA) is 65.6 Å². The lowest BCUT2D eigenvalue weighted by molar-refractivity contribution is 0.287. The van der Waals surface area contributed by atoms with Crippen LogP contribution in [0.2, 0.25) is 0 Å². The molecule has 0 saturated carbocycles. The van der Waals surface area contributed by atoms with E-state index < -0.39 is 0 Å². The summed E-state index contributed by atoms with van der Waals surface area (Å²) in [7, 11) is 0. The SMILES string of the molecule is CCOc1ccc(-c2c(C#N)cn3c2-c2cc(OCC)c(OCC)cc2CC3)cc1OCC. The highest BCUT2D eigenvalue weighted by atomic mass is 16.5.